The van der Waals surface area contributed by atoms with E-state index in [1.807, 2.05) is 19.1 Å². The van der Waals surface area contributed by atoms with Gasteiger partial charge in [-0.2, -0.15) is 0 Å². The van der Waals surface area contributed by atoms with Crippen LogP contribution in [0.4, 0.5) is 0 Å². The van der Waals surface area contributed by atoms with Crippen molar-refractivity contribution in [2.24, 2.45) is 17.8 Å². The summed E-state index contributed by atoms with van der Waals surface area (Å²) in [6, 6.07) is 0. The van der Waals surface area contributed by atoms with Gasteiger partial charge in [0.15, 0.2) is 0 Å². The summed E-state index contributed by atoms with van der Waals surface area (Å²) >= 11 is 0. The zero-order valence-corrected chi connectivity index (χ0v) is 12.4. The van der Waals surface area contributed by atoms with E-state index in [-0.39, 0.29) is 0 Å². The molecule has 1 heteroatoms. The number of allylic oxidation sites excluding steroid dienone is 3. The second-order valence-corrected chi connectivity index (χ2v) is 5.13. The highest BCUT2D eigenvalue weighted by Crippen LogP contribution is 2.35. The van der Waals surface area contributed by atoms with Gasteiger partial charge < -0.3 is 4.74 Å². The maximum Gasteiger partial charge on any atom is 0.0604 e. The SMILES string of the molecule is C=C/C=C\C.CCC1OC(C)C(C)C(C)C1C. The lowest BCUT2D eigenvalue weighted by atomic mass is 9.76. The van der Waals surface area contributed by atoms with Crippen LogP contribution in [0.1, 0.15) is 48.0 Å². The molecule has 1 nitrogen and oxygen atoms in total. The van der Waals surface area contributed by atoms with Crippen molar-refractivity contribution in [3.8, 4) is 0 Å². The quantitative estimate of drug-likeness (QED) is 0.625. The lowest BCUT2D eigenvalue weighted by Gasteiger charge is -2.42. The molecule has 1 aliphatic rings. The van der Waals surface area contributed by atoms with Gasteiger partial charge in [0, 0.05) is 0 Å². The van der Waals surface area contributed by atoms with Crippen LogP contribution >= 0.6 is 0 Å². The van der Waals surface area contributed by atoms with Gasteiger partial charge in [0.2, 0.25) is 0 Å². The summed E-state index contributed by atoms with van der Waals surface area (Å²) in [5.74, 6) is 2.24. The second-order valence-electron chi connectivity index (χ2n) is 5.13. The van der Waals surface area contributed by atoms with Gasteiger partial charge in [0.1, 0.15) is 0 Å². The summed E-state index contributed by atoms with van der Waals surface area (Å²) in [5.41, 5.74) is 0. The molecule has 100 valence electrons. The monoisotopic (exact) mass is 238 g/mol. The molecule has 0 spiro atoms. The van der Waals surface area contributed by atoms with E-state index >= 15 is 0 Å². The normalized spacial score (nSPS) is 37.4. The molecule has 0 N–H and O–H groups in total. The number of ether oxygens (including phenoxy) is 1. The van der Waals surface area contributed by atoms with E-state index in [0.717, 1.165) is 18.3 Å². The minimum atomic E-state index is 0.446. The average Bonchev–Trinajstić information content (AvgIpc) is 2.33. The Hall–Kier alpha value is -0.560. The average molecular weight is 238 g/mol. The van der Waals surface area contributed by atoms with E-state index in [1.165, 1.54) is 0 Å². The third-order valence-electron chi connectivity index (χ3n) is 4.11. The van der Waals surface area contributed by atoms with Gasteiger partial charge in [-0.05, 0) is 38.0 Å². The summed E-state index contributed by atoms with van der Waals surface area (Å²) in [4.78, 5) is 0. The molecule has 0 aromatic heterocycles. The van der Waals surface area contributed by atoms with Crippen molar-refractivity contribution in [3.05, 3.63) is 24.8 Å². The molecule has 0 aromatic rings. The first-order valence-electron chi connectivity index (χ1n) is 6.88. The van der Waals surface area contributed by atoms with Crippen molar-refractivity contribution in [2.75, 3.05) is 0 Å². The first kappa shape index (κ1) is 16.4. The fourth-order valence-corrected chi connectivity index (χ4v) is 2.37. The van der Waals surface area contributed by atoms with Crippen molar-refractivity contribution < 1.29 is 4.74 Å². The number of rotatable bonds is 2. The number of hydrogen-bond donors (Lipinski definition) is 0. The van der Waals surface area contributed by atoms with E-state index < -0.39 is 0 Å². The van der Waals surface area contributed by atoms with Crippen LogP contribution in [-0.2, 0) is 4.74 Å². The van der Waals surface area contributed by atoms with E-state index in [0.29, 0.717) is 18.1 Å². The maximum atomic E-state index is 5.93. The molecular formula is C16H30O. The summed E-state index contributed by atoms with van der Waals surface area (Å²) in [6.45, 7) is 16.8. The molecule has 0 radical (unpaired) electrons. The smallest absolute Gasteiger partial charge is 0.0604 e. The Morgan fingerprint density at radius 1 is 1.06 bits per heavy atom. The summed E-state index contributed by atoms with van der Waals surface area (Å²) in [7, 11) is 0. The molecule has 0 aliphatic carbocycles. The molecule has 5 unspecified atom stereocenters. The molecule has 5 atom stereocenters. The largest absolute Gasteiger partial charge is 0.375 e. The summed E-state index contributed by atoms with van der Waals surface area (Å²) < 4.78 is 5.93. The van der Waals surface area contributed by atoms with Crippen molar-refractivity contribution in [1.29, 1.82) is 0 Å². The molecule has 1 saturated heterocycles. The van der Waals surface area contributed by atoms with Crippen LogP contribution in [0.5, 0.6) is 0 Å². The topological polar surface area (TPSA) is 9.23 Å². The van der Waals surface area contributed by atoms with Gasteiger partial charge in [0.05, 0.1) is 12.2 Å². The zero-order chi connectivity index (χ0) is 13.4. The molecule has 1 heterocycles. The Morgan fingerprint density at radius 2 is 1.65 bits per heavy atom. The van der Waals surface area contributed by atoms with E-state index in [4.69, 9.17) is 4.74 Å². The van der Waals surface area contributed by atoms with Crippen molar-refractivity contribution in [2.45, 2.75) is 60.2 Å². The number of hydrogen-bond acceptors (Lipinski definition) is 1. The highest BCUT2D eigenvalue weighted by Gasteiger charge is 2.35. The Balaban J connectivity index is 0.000000437. The molecular weight excluding hydrogens is 208 g/mol. The van der Waals surface area contributed by atoms with Gasteiger partial charge in [-0.1, -0.05) is 52.5 Å². The van der Waals surface area contributed by atoms with Crippen LogP contribution in [0.15, 0.2) is 24.8 Å². The minimum Gasteiger partial charge on any atom is -0.375 e. The molecule has 0 amide bonds. The molecule has 0 aromatic carbocycles. The minimum absolute atomic E-state index is 0.446. The fraction of sp³-hybridized carbons (Fsp3) is 0.750. The van der Waals surface area contributed by atoms with Crippen LogP contribution in [0.25, 0.3) is 0 Å². The van der Waals surface area contributed by atoms with Crippen LogP contribution in [0, 0.1) is 17.8 Å². The maximum absolute atomic E-state index is 5.93. The standard InChI is InChI=1S/C11H22O.C5H8/c1-6-11-9(4)7(2)8(3)10(5)12-11;1-3-5-4-2/h7-11H,6H2,1-5H3;3-5H,1H2,2H3/b;5-4-. The first-order valence-corrected chi connectivity index (χ1v) is 6.88. The Bertz CT molecular complexity index is 227. The Labute approximate surface area is 108 Å². The lowest BCUT2D eigenvalue weighted by Crippen LogP contribution is -2.42. The van der Waals surface area contributed by atoms with E-state index in [1.54, 1.807) is 6.08 Å². The van der Waals surface area contributed by atoms with Crippen LogP contribution < -0.4 is 0 Å². The molecule has 1 aliphatic heterocycles. The fourth-order valence-electron chi connectivity index (χ4n) is 2.37. The van der Waals surface area contributed by atoms with Crippen molar-refractivity contribution >= 4 is 0 Å². The van der Waals surface area contributed by atoms with Crippen molar-refractivity contribution in [1.82, 2.24) is 0 Å². The van der Waals surface area contributed by atoms with E-state index in [2.05, 4.69) is 41.2 Å². The molecule has 1 fully saturated rings. The Morgan fingerprint density at radius 3 is 2.00 bits per heavy atom. The highest BCUT2D eigenvalue weighted by molar-refractivity contribution is 4.94. The third kappa shape index (κ3) is 5.08. The van der Waals surface area contributed by atoms with Gasteiger partial charge in [-0.3, -0.25) is 0 Å². The first-order chi connectivity index (χ1) is 7.99. The second kappa shape index (κ2) is 8.52. The predicted molar refractivity (Wildman–Crippen MR) is 77.1 cm³/mol. The van der Waals surface area contributed by atoms with Gasteiger partial charge in [-0.15, -0.1) is 0 Å². The van der Waals surface area contributed by atoms with Crippen molar-refractivity contribution in [3.63, 3.8) is 0 Å². The van der Waals surface area contributed by atoms with Crippen LogP contribution in [0.3, 0.4) is 0 Å². The Kier molecular flexibility index (Phi) is 8.24. The van der Waals surface area contributed by atoms with E-state index in [9.17, 15) is 0 Å². The van der Waals surface area contributed by atoms with Crippen LogP contribution in [0.2, 0.25) is 0 Å². The van der Waals surface area contributed by atoms with Crippen LogP contribution in [-0.4, -0.2) is 12.2 Å². The lowest BCUT2D eigenvalue weighted by molar-refractivity contribution is -0.125. The molecule has 0 saturated carbocycles. The highest BCUT2D eigenvalue weighted by atomic mass is 16.5. The van der Waals surface area contributed by atoms with Gasteiger partial charge in [0.25, 0.3) is 0 Å². The van der Waals surface area contributed by atoms with Gasteiger partial charge in [-0.25, -0.2) is 0 Å². The third-order valence-corrected chi connectivity index (χ3v) is 4.11. The molecule has 17 heavy (non-hydrogen) atoms. The summed E-state index contributed by atoms with van der Waals surface area (Å²) in [6.07, 6.45) is 7.67. The predicted octanol–water partition coefficient (Wildman–Crippen LogP) is 4.84. The molecule has 1 rings (SSSR count). The molecule has 0 bridgehead atoms. The summed E-state index contributed by atoms with van der Waals surface area (Å²) in [5, 5.41) is 0. The zero-order valence-electron chi connectivity index (χ0n) is 12.4. The van der Waals surface area contributed by atoms with Gasteiger partial charge >= 0.3 is 0 Å².